The molecule has 3 rings (SSSR count). The van der Waals surface area contributed by atoms with Gasteiger partial charge in [0.15, 0.2) is 0 Å². The number of amides is 1. The van der Waals surface area contributed by atoms with Crippen molar-refractivity contribution in [1.29, 1.82) is 0 Å². The summed E-state index contributed by atoms with van der Waals surface area (Å²) in [4.78, 5) is 14.4. The summed E-state index contributed by atoms with van der Waals surface area (Å²) in [6.45, 7) is 1.48. The maximum Gasteiger partial charge on any atom is 0.244 e. The van der Waals surface area contributed by atoms with Crippen molar-refractivity contribution < 1.29 is 9.53 Å². The fourth-order valence-corrected chi connectivity index (χ4v) is 3.03. The molecule has 1 heterocycles. The van der Waals surface area contributed by atoms with Crippen LogP contribution in [0.25, 0.3) is 0 Å². The molecule has 1 fully saturated rings. The van der Waals surface area contributed by atoms with Crippen LogP contribution in [-0.4, -0.2) is 30.5 Å². The molecule has 5 heteroatoms. The zero-order valence-corrected chi connectivity index (χ0v) is 13.4. The molecule has 0 bridgehead atoms. The first-order valence-corrected chi connectivity index (χ1v) is 8.00. The van der Waals surface area contributed by atoms with E-state index in [1.54, 1.807) is 4.90 Å². The van der Waals surface area contributed by atoms with Crippen LogP contribution in [0.1, 0.15) is 23.3 Å². The molecule has 1 aliphatic rings. The predicted molar refractivity (Wildman–Crippen MR) is 90.1 cm³/mol. The van der Waals surface area contributed by atoms with Crippen LogP contribution in [0.2, 0.25) is 5.02 Å². The minimum atomic E-state index is -0.652. The van der Waals surface area contributed by atoms with Gasteiger partial charge in [0.25, 0.3) is 0 Å². The topological polar surface area (TPSA) is 55.6 Å². The number of carbonyl (C=O) groups excluding carboxylic acids is 1. The molecule has 1 saturated heterocycles. The summed E-state index contributed by atoms with van der Waals surface area (Å²) in [5.74, 6) is -0.0865. The van der Waals surface area contributed by atoms with E-state index in [1.807, 2.05) is 54.6 Å². The molecule has 1 aliphatic heterocycles. The number of morpholine rings is 1. The van der Waals surface area contributed by atoms with Gasteiger partial charge in [-0.05, 0) is 11.6 Å². The SMILES string of the molecule is N[C@H](C(=O)N1CCO[C@@H](c2ccccc2Cl)C1)c1ccccc1. The fourth-order valence-electron chi connectivity index (χ4n) is 2.77. The molecule has 4 nitrogen and oxygen atoms in total. The van der Waals surface area contributed by atoms with Crippen LogP contribution < -0.4 is 5.73 Å². The average Bonchev–Trinajstić information content (AvgIpc) is 2.62. The van der Waals surface area contributed by atoms with E-state index < -0.39 is 6.04 Å². The molecule has 2 aromatic carbocycles. The van der Waals surface area contributed by atoms with Gasteiger partial charge in [0.2, 0.25) is 5.91 Å². The Morgan fingerprint density at radius 1 is 1.17 bits per heavy atom. The maximum atomic E-state index is 12.7. The second-order valence-electron chi connectivity index (χ2n) is 5.55. The van der Waals surface area contributed by atoms with Crippen molar-refractivity contribution in [2.24, 2.45) is 5.73 Å². The Bertz CT molecular complexity index is 678. The third-order valence-corrected chi connectivity index (χ3v) is 4.40. The molecule has 0 radical (unpaired) electrons. The van der Waals surface area contributed by atoms with Crippen LogP contribution in [-0.2, 0) is 9.53 Å². The van der Waals surface area contributed by atoms with Crippen molar-refractivity contribution in [3.63, 3.8) is 0 Å². The summed E-state index contributed by atoms with van der Waals surface area (Å²) in [5.41, 5.74) is 7.85. The van der Waals surface area contributed by atoms with Crippen molar-refractivity contribution in [1.82, 2.24) is 4.90 Å². The van der Waals surface area contributed by atoms with Gasteiger partial charge in [0.05, 0.1) is 13.2 Å². The highest BCUT2D eigenvalue weighted by Crippen LogP contribution is 2.29. The maximum absolute atomic E-state index is 12.7. The lowest BCUT2D eigenvalue weighted by Gasteiger charge is -2.35. The molecule has 2 aromatic rings. The molecule has 0 saturated carbocycles. The molecule has 2 N–H and O–H groups in total. The number of nitrogens with zero attached hydrogens (tertiary/aromatic N) is 1. The van der Waals surface area contributed by atoms with Crippen LogP contribution in [0, 0.1) is 0 Å². The smallest absolute Gasteiger partial charge is 0.244 e. The van der Waals surface area contributed by atoms with E-state index in [2.05, 4.69) is 0 Å². The van der Waals surface area contributed by atoms with Crippen molar-refractivity contribution >= 4 is 17.5 Å². The molecule has 0 aromatic heterocycles. The van der Waals surface area contributed by atoms with Crippen LogP contribution in [0.5, 0.6) is 0 Å². The van der Waals surface area contributed by atoms with E-state index in [0.717, 1.165) is 11.1 Å². The number of hydrogen-bond donors (Lipinski definition) is 1. The monoisotopic (exact) mass is 330 g/mol. The first kappa shape index (κ1) is 16.0. The molecular formula is C18H19ClN2O2. The van der Waals surface area contributed by atoms with Gasteiger partial charge >= 0.3 is 0 Å². The van der Waals surface area contributed by atoms with Crippen LogP contribution in [0.15, 0.2) is 54.6 Å². The number of rotatable bonds is 3. The van der Waals surface area contributed by atoms with Crippen molar-refractivity contribution in [3.05, 3.63) is 70.7 Å². The Balaban J connectivity index is 1.73. The predicted octanol–water partition coefficient (Wildman–Crippen LogP) is 2.94. The Kier molecular flexibility index (Phi) is 4.96. The quantitative estimate of drug-likeness (QED) is 0.941. The van der Waals surface area contributed by atoms with E-state index in [0.29, 0.717) is 24.7 Å². The number of hydrogen-bond acceptors (Lipinski definition) is 3. The summed E-state index contributed by atoms with van der Waals surface area (Å²) in [6.07, 6.45) is -0.218. The second kappa shape index (κ2) is 7.13. The van der Waals surface area contributed by atoms with Gasteiger partial charge in [-0.3, -0.25) is 4.79 Å². The lowest BCUT2D eigenvalue weighted by molar-refractivity contribution is -0.140. The lowest BCUT2D eigenvalue weighted by atomic mass is 10.0. The van der Waals surface area contributed by atoms with E-state index in [9.17, 15) is 4.79 Å². The van der Waals surface area contributed by atoms with Crippen molar-refractivity contribution in [3.8, 4) is 0 Å². The molecule has 1 amide bonds. The van der Waals surface area contributed by atoms with E-state index >= 15 is 0 Å². The van der Waals surface area contributed by atoms with Gasteiger partial charge in [-0.2, -0.15) is 0 Å². The highest BCUT2D eigenvalue weighted by Gasteiger charge is 2.29. The van der Waals surface area contributed by atoms with Gasteiger partial charge < -0.3 is 15.4 Å². The second-order valence-corrected chi connectivity index (χ2v) is 5.96. The van der Waals surface area contributed by atoms with Gasteiger partial charge in [0, 0.05) is 17.1 Å². The zero-order chi connectivity index (χ0) is 16.2. The van der Waals surface area contributed by atoms with Crippen LogP contribution in [0.4, 0.5) is 0 Å². The van der Waals surface area contributed by atoms with Crippen molar-refractivity contribution in [2.45, 2.75) is 12.1 Å². The summed E-state index contributed by atoms with van der Waals surface area (Å²) in [7, 11) is 0. The fraction of sp³-hybridized carbons (Fsp3) is 0.278. The summed E-state index contributed by atoms with van der Waals surface area (Å²) in [6, 6.07) is 16.3. The minimum absolute atomic E-state index is 0.0865. The Hall–Kier alpha value is -1.88. The summed E-state index contributed by atoms with van der Waals surface area (Å²) in [5, 5.41) is 0.652. The van der Waals surface area contributed by atoms with Crippen LogP contribution >= 0.6 is 11.6 Å². The number of benzene rings is 2. The van der Waals surface area contributed by atoms with Gasteiger partial charge in [-0.15, -0.1) is 0 Å². The molecular weight excluding hydrogens is 312 g/mol. The number of ether oxygens (including phenoxy) is 1. The van der Waals surface area contributed by atoms with Crippen molar-refractivity contribution in [2.75, 3.05) is 19.7 Å². The van der Waals surface area contributed by atoms with E-state index in [-0.39, 0.29) is 12.0 Å². The molecule has 120 valence electrons. The lowest BCUT2D eigenvalue weighted by Crippen LogP contribution is -2.46. The normalized spacial score (nSPS) is 19.4. The highest BCUT2D eigenvalue weighted by atomic mass is 35.5. The Morgan fingerprint density at radius 3 is 2.61 bits per heavy atom. The van der Waals surface area contributed by atoms with Gasteiger partial charge in [-0.1, -0.05) is 60.1 Å². The van der Waals surface area contributed by atoms with Gasteiger partial charge in [-0.25, -0.2) is 0 Å². The van der Waals surface area contributed by atoms with Gasteiger partial charge in [0.1, 0.15) is 12.1 Å². The van der Waals surface area contributed by atoms with E-state index in [1.165, 1.54) is 0 Å². The first-order chi connectivity index (χ1) is 11.2. The molecule has 0 spiro atoms. The third-order valence-electron chi connectivity index (χ3n) is 4.05. The molecule has 23 heavy (non-hydrogen) atoms. The number of carbonyl (C=O) groups is 1. The third kappa shape index (κ3) is 3.55. The largest absolute Gasteiger partial charge is 0.370 e. The minimum Gasteiger partial charge on any atom is -0.370 e. The first-order valence-electron chi connectivity index (χ1n) is 7.62. The average molecular weight is 331 g/mol. The standard InChI is InChI=1S/C18H19ClN2O2/c19-15-9-5-4-8-14(15)16-12-21(10-11-23-16)18(22)17(20)13-6-2-1-3-7-13/h1-9,16-17H,10-12,20H2/t16-,17+/m1/s1. The Labute approximate surface area is 140 Å². The Morgan fingerprint density at radius 2 is 1.87 bits per heavy atom. The molecule has 0 aliphatic carbocycles. The number of halogens is 1. The molecule has 2 atom stereocenters. The van der Waals surface area contributed by atoms with E-state index in [4.69, 9.17) is 22.1 Å². The highest BCUT2D eigenvalue weighted by molar-refractivity contribution is 6.31. The summed E-state index contributed by atoms with van der Waals surface area (Å²) < 4.78 is 5.79. The molecule has 0 unspecified atom stereocenters. The van der Waals surface area contributed by atoms with Crippen LogP contribution in [0.3, 0.4) is 0 Å². The summed E-state index contributed by atoms with van der Waals surface area (Å²) >= 11 is 6.24. The zero-order valence-electron chi connectivity index (χ0n) is 12.7. The number of nitrogens with two attached hydrogens (primary N) is 1.